The van der Waals surface area contributed by atoms with Crippen LogP contribution in [0.25, 0.3) is 0 Å². The molecule has 0 spiro atoms. The SMILES string of the molecule is COc1cc(CNC(=O)NCc2ccc(C(C)(C)C)cc2)c(Br)cc1OCCO. The molecule has 29 heavy (non-hydrogen) atoms. The molecule has 6 nitrogen and oxygen atoms in total. The van der Waals surface area contributed by atoms with Gasteiger partial charge in [-0.3, -0.25) is 0 Å². The smallest absolute Gasteiger partial charge is 0.315 e. The number of rotatable bonds is 8. The molecule has 0 fully saturated rings. The van der Waals surface area contributed by atoms with Crippen LogP contribution in [0.1, 0.15) is 37.5 Å². The Labute approximate surface area is 180 Å². The summed E-state index contributed by atoms with van der Waals surface area (Å²) in [6.45, 7) is 7.40. The zero-order valence-corrected chi connectivity index (χ0v) is 18.9. The van der Waals surface area contributed by atoms with Gasteiger partial charge in [-0.2, -0.15) is 0 Å². The number of amides is 2. The first-order chi connectivity index (χ1) is 13.7. The summed E-state index contributed by atoms with van der Waals surface area (Å²) in [4.78, 5) is 12.2. The predicted octanol–water partition coefficient (Wildman–Crippen LogP) is 4.13. The number of urea groups is 1. The maximum Gasteiger partial charge on any atom is 0.315 e. The van der Waals surface area contributed by atoms with Gasteiger partial charge in [-0.15, -0.1) is 0 Å². The van der Waals surface area contributed by atoms with E-state index in [1.54, 1.807) is 19.2 Å². The van der Waals surface area contributed by atoms with E-state index in [0.29, 0.717) is 24.6 Å². The predicted molar refractivity (Wildman–Crippen MR) is 117 cm³/mol. The number of hydrogen-bond donors (Lipinski definition) is 3. The number of methoxy groups -OCH3 is 1. The molecule has 0 aliphatic rings. The Hall–Kier alpha value is -2.25. The van der Waals surface area contributed by atoms with Crippen LogP contribution < -0.4 is 20.1 Å². The van der Waals surface area contributed by atoms with Gasteiger partial charge in [0.15, 0.2) is 11.5 Å². The number of aliphatic hydroxyl groups excluding tert-OH is 1. The molecule has 0 radical (unpaired) electrons. The second-order valence-corrected chi connectivity index (χ2v) is 8.50. The lowest BCUT2D eigenvalue weighted by molar-refractivity contribution is 0.196. The van der Waals surface area contributed by atoms with Crippen molar-refractivity contribution in [3.8, 4) is 11.5 Å². The zero-order chi connectivity index (χ0) is 21.4. The van der Waals surface area contributed by atoms with Crippen LogP contribution in [0.15, 0.2) is 40.9 Å². The number of aliphatic hydroxyl groups is 1. The molecule has 2 amide bonds. The van der Waals surface area contributed by atoms with E-state index in [1.807, 2.05) is 12.1 Å². The van der Waals surface area contributed by atoms with E-state index in [4.69, 9.17) is 14.6 Å². The summed E-state index contributed by atoms with van der Waals surface area (Å²) in [5.41, 5.74) is 3.26. The fourth-order valence-corrected chi connectivity index (χ4v) is 3.15. The second kappa shape index (κ2) is 10.5. The highest BCUT2D eigenvalue weighted by molar-refractivity contribution is 9.10. The fourth-order valence-electron chi connectivity index (χ4n) is 2.68. The van der Waals surface area contributed by atoms with Gasteiger partial charge in [-0.1, -0.05) is 61.0 Å². The van der Waals surface area contributed by atoms with Crippen LogP contribution >= 0.6 is 15.9 Å². The third-order valence-electron chi connectivity index (χ3n) is 4.39. The first kappa shape index (κ1) is 23.0. The third kappa shape index (κ3) is 6.94. The topological polar surface area (TPSA) is 79.8 Å². The Morgan fingerprint density at radius 2 is 1.72 bits per heavy atom. The third-order valence-corrected chi connectivity index (χ3v) is 5.13. The monoisotopic (exact) mass is 464 g/mol. The lowest BCUT2D eigenvalue weighted by Crippen LogP contribution is -2.34. The molecule has 3 N–H and O–H groups in total. The van der Waals surface area contributed by atoms with Crippen LogP contribution in [-0.2, 0) is 18.5 Å². The number of nitrogens with one attached hydrogen (secondary N) is 2. The standard InChI is InChI=1S/C22H29BrN2O4/c1-22(2,3)17-7-5-15(6-8-17)13-24-21(27)25-14-16-11-19(28-4)20(12-18(16)23)29-10-9-26/h5-8,11-12,26H,9-10,13-14H2,1-4H3,(H2,24,25,27). The van der Waals surface area contributed by atoms with Crippen molar-refractivity contribution in [3.05, 3.63) is 57.6 Å². The lowest BCUT2D eigenvalue weighted by Gasteiger charge is -2.19. The van der Waals surface area contributed by atoms with Crippen molar-refractivity contribution in [2.75, 3.05) is 20.3 Å². The molecule has 0 aliphatic heterocycles. The van der Waals surface area contributed by atoms with E-state index in [0.717, 1.165) is 15.6 Å². The first-order valence-electron chi connectivity index (χ1n) is 9.45. The van der Waals surface area contributed by atoms with E-state index in [2.05, 4.69) is 59.5 Å². The van der Waals surface area contributed by atoms with Crippen molar-refractivity contribution in [1.29, 1.82) is 0 Å². The summed E-state index contributed by atoms with van der Waals surface area (Å²) in [7, 11) is 1.55. The average Bonchev–Trinajstić information content (AvgIpc) is 2.69. The van der Waals surface area contributed by atoms with Gasteiger partial charge in [0.05, 0.1) is 13.7 Å². The van der Waals surface area contributed by atoms with Crippen LogP contribution in [0, 0.1) is 0 Å². The number of benzene rings is 2. The molecule has 0 saturated carbocycles. The van der Waals surface area contributed by atoms with Gasteiger partial charge in [0, 0.05) is 17.6 Å². The molecule has 2 aromatic rings. The minimum absolute atomic E-state index is 0.0802. The van der Waals surface area contributed by atoms with Crippen molar-refractivity contribution < 1.29 is 19.4 Å². The summed E-state index contributed by atoms with van der Waals surface area (Å²) < 4.78 is 11.6. The highest BCUT2D eigenvalue weighted by Crippen LogP contribution is 2.33. The summed E-state index contributed by atoms with van der Waals surface area (Å²) >= 11 is 3.48. The van der Waals surface area contributed by atoms with Gasteiger partial charge < -0.3 is 25.2 Å². The Balaban J connectivity index is 1.90. The quantitative estimate of drug-likeness (QED) is 0.548. The lowest BCUT2D eigenvalue weighted by atomic mass is 9.87. The van der Waals surface area contributed by atoms with E-state index >= 15 is 0 Å². The van der Waals surface area contributed by atoms with Gasteiger partial charge in [-0.25, -0.2) is 4.79 Å². The molecule has 7 heteroatoms. The maximum absolute atomic E-state index is 12.2. The summed E-state index contributed by atoms with van der Waals surface area (Å²) in [6, 6.07) is 11.6. The minimum atomic E-state index is -0.253. The average molecular weight is 465 g/mol. The van der Waals surface area contributed by atoms with Crippen LogP contribution in [0.5, 0.6) is 11.5 Å². The molecule has 0 saturated heterocycles. The minimum Gasteiger partial charge on any atom is -0.493 e. The normalized spacial score (nSPS) is 11.1. The van der Waals surface area contributed by atoms with E-state index < -0.39 is 0 Å². The number of hydrogen-bond acceptors (Lipinski definition) is 4. The van der Waals surface area contributed by atoms with E-state index in [-0.39, 0.29) is 24.7 Å². The molecule has 0 atom stereocenters. The van der Waals surface area contributed by atoms with E-state index in [9.17, 15) is 4.79 Å². The summed E-state index contributed by atoms with van der Waals surface area (Å²) in [5.74, 6) is 1.07. The molecule has 0 heterocycles. The Bertz CT molecular complexity index is 817. The van der Waals surface area contributed by atoms with Gasteiger partial charge in [0.1, 0.15) is 6.61 Å². The number of carbonyl (C=O) groups is 1. The molecule has 0 aliphatic carbocycles. The van der Waals surface area contributed by atoms with Crippen molar-refractivity contribution in [2.24, 2.45) is 0 Å². The molecular formula is C22H29BrN2O4. The van der Waals surface area contributed by atoms with Crippen LogP contribution in [0.4, 0.5) is 4.79 Å². The molecule has 0 aromatic heterocycles. The van der Waals surface area contributed by atoms with Gasteiger partial charge in [0.2, 0.25) is 0 Å². The van der Waals surface area contributed by atoms with Crippen molar-refractivity contribution in [1.82, 2.24) is 10.6 Å². The molecule has 2 aromatic carbocycles. The van der Waals surface area contributed by atoms with Crippen molar-refractivity contribution in [2.45, 2.75) is 39.3 Å². The van der Waals surface area contributed by atoms with Crippen LogP contribution in [0.2, 0.25) is 0 Å². The first-order valence-corrected chi connectivity index (χ1v) is 10.2. The molecule has 2 rings (SSSR count). The maximum atomic E-state index is 12.2. The number of ether oxygens (including phenoxy) is 2. The van der Waals surface area contributed by atoms with Crippen molar-refractivity contribution in [3.63, 3.8) is 0 Å². The highest BCUT2D eigenvalue weighted by Gasteiger charge is 2.13. The molecule has 0 unspecified atom stereocenters. The van der Waals surface area contributed by atoms with Gasteiger partial charge in [-0.05, 0) is 34.2 Å². The number of halogens is 1. The zero-order valence-electron chi connectivity index (χ0n) is 17.3. The fraction of sp³-hybridized carbons (Fsp3) is 0.409. The summed E-state index contributed by atoms with van der Waals surface area (Å²) in [6.07, 6.45) is 0. The molecule has 158 valence electrons. The van der Waals surface area contributed by atoms with Crippen molar-refractivity contribution >= 4 is 22.0 Å². The van der Waals surface area contributed by atoms with Gasteiger partial charge in [0.25, 0.3) is 0 Å². The van der Waals surface area contributed by atoms with Gasteiger partial charge >= 0.3 is 6.03 Å². The Morgan fingerprint density at radius 3 is 2.31 bits per heavy atom. The Kier molecular flexibility index (Phi) is 8.34. The molecular weight excluding hydrogens is 436 g/mol. The summed E-state index contributed by atoms with van der Waals surface area (Å²) in [5, 5.41) is 14.6. The van der Waals surface area contributed by atoms with Crippen LogP contribution in [0.3, 0.4) is 0 Å². The second-order valence-electron chi connectivity index (χ2n) is 7.65. The largest absolute Gasteiger partial charge is 0.493 e. The highest BCUT2D eigenvalue weighted by atomic mass is 79.9. The van der Waals surface area contributed by atoms with Crippen LogP contribution in [-0.4, -0.2) is 31.5 Å². The number of carbonyl (C=O) groups excluding carboxylic acids is 1. The Morgan fingerprint density at radius 1 is 1.07 bits per heavy atom. The molecule has 0 bridgehead atoms. The van der Waals surface area contributed by atoms with E-state index in [1.165, 1.54) is 5.56 Å².